The van der Waals surface area contributed by atoms with Crippen LogP contribution in [-0.4, -0.2) is 6.21 Å². The maximum absolute atomic E-state index is 5.89. The Morgan fingerprint density at radius 3 is 2.43 bits per heavy atom. The molecule has 0 radical (unpaired) electrons. The minimum atomic E-state index is 0.117. The molecule has 0 aliphatic rings. The first kappa shape index (κ1) is 13.8. The van der Waals surface area contributed by atoms with Gasteiger partial charge in [-0.1, -0.05) is 66.2 Å². The molecule has 1 unspecified atom stereocenters. The van der Waals surface area contributed by atoms with Crippen molar-refractivity contribution in [3.63, 3.8) is 0 Å². The van der Waals surface area contributed by atoms with Gasteiger partial charge in [-0.05, 0) is 41.0 Å². The monoisotopic (exact) mass is 293 g/mol. The number of rotatable bonds is 3. The number of halogens is 1. The molecule has 0 saturated carbocycles. The number of benzene rings is 3. The van der Waals surface area contributed by atoms with E-state index in [-0.39, 0.29) is 6.04 Å². The van der Waals surface area contributed by atoms with Crippen molar-refractivity contribution in [1.82, 2.24) is 0 Å². The van der Waals surface area contributed by atoms with Crippen LogP contribution < -0.4 is 0 Å². The second-order valence-corrected chi connectivity index (χ2v) is 5.51. The third-order valence-electron chi connectivity index (χ3n) is 3.59. The molecule has 2 heteroatoms. The van der Waals surface area contributed by atoms with Gasteiger partial charge < -0.3 is 0 Å². The third-order valence-corrected chi connectivity index (χ3v) is 3.84. The molecular weight excluding hydrogens is 278 g/mol. The molecule has 3 aromatic carbocycles. The predicted octanol–water partition coefficient (Wildman–Crippen LogP) is 5.67. The first-order chi connectivity index (χ1) is 10.2. The summed E-state index contributed by atoms with van der Waals surface area (Å²) in [7, 11) is 0. The summed E-state index contributed by atoms with van der Waals surface area (Å²) < 4.78 is 0. The largest absolute Gasteiger partial charge is 0.285 e. The van der Waals surface area contributed by atoms with E-state index in [1.807, 2.05) is 30.5 Å². The van der Waals surface area contributed by atoms with Crippen molar-refractivity contribution in [3.05, 3.63) is 82.9 Å². The number of hydrogen-bond donors (Lipinski definition) is 0. The average Bonchev–Trinajstić information content (AvgIpc) is 2.53. The van der Waals surface area contributed by atoms with E-state index in [9.17, 15) is 0 Å². The zero-order valence-electron chi connectivity index (χ0n) is 11.8. The third kappa shape index (κ3) is 3.14. The molecular formula is C19H16ClN. The number of hydrogen-bond acceptors (Lipinski definition) is 1. The fraction of sp³-hybridized carbons (Fsp3) is 0.105. The second-order valence-electron chi connectivity index (χ2n) is 5.07. The van der Waals surface area contributed by atoms with E-state index in [0.717, 1.165) is 10.6 Å². The highest BCUT2D eigenvalue weighted by atomic mass is 35.5. The lowest BCUT2D eigenvalue weighted by molar-refractivity contribution is 0.834. The molecule has 0 fully saturated rings. The Morgan fingerprint density at radius 1 is 0.905 bits per heavy atom. The molecule has 21 heavy (non-hydrogen) atoms. The van der Waals surface area contributed by atoms with E-state index in [1.165, 1.54) is 16.3 Å². The van der Waals surface area contributed by atoms with Gasteiger partial charge in [0.25, 0.3) is 0 Å². The molecule has 0 spiro atoms. The predicted molar refractivity (Wildman–Crippen MR) is 91.4 cm³/mol. The maximum atomic E-state index is 5.89. The summed E-state index contributed by atoms with van der Waals surface area (Å²) in [5.74, 6) is 0. The highest BCUT2D eigenvalue weighted by Crippen LogP contribution is 2.26. The van der Waals surface area contributed by atoms with Crippen molar-refractivity contribution < 1.29 is 0 Å². The molecule has 3 rings (SSSR count). The van der Waals surface area contributed by atoms with Crippen LogP contribution in [-0.2, 0) is 0 Å². The van der Waals surface area contributed by atoms with Crippen molar-refractivity contribution in [1.29, 1.82) is 0 Å². The van der Waals surface area contributed by atoms with E-state index in [2.05, 4.69) is 54.4 Å². The van der Waals surface area contributed by atoms with E-state index in [4.69, 9.17) is 11.6 Å². The summed E-state index contributed by atoms with van der Waals surface area (Å²) in [4.78, 5) is 4.68. The van der Waals surface area contributed by atoms with Gasteiger partial charge in [-0.2, -0.15) is 0 Å². The summed E-state index contributed by atoms with van der Waals surface area (Å²) in [6.45, 7) is 2.12. The first-order valence-electron chi connectivity index (χ1n) is 7.00. The Bertz CT molecular complexity index is 770. The summed E-state index contributed by atoms with van der Waals surface area (Å²) in [5.41, 5.74) is 2.31. The lowest BCUT2D eigenvalue weighted by Crippen LogP contribution is -1.93. The van der Waals surface area contributed by atoms with Crippen LogP contribution in [0.3, 0.4) is 0 Å². The van der Waals surface area contributed by atoms with Crippen LogP contribution in [0.25, 0.3) is 10.8 Å². The molecule has 1 nitrogen and oxygen atoms in total. The molecule has 3 aromatic rings. The van der Waals surface area contributed by atoms with Gasteiger partial charge in [0, 0.05) is 11.2 Å². The molecule has 0 aromatic heterocycles. The van der Waals surface area contributed by atoms with E-state index in [0.29, 0.717) is 0 Å². The lowest BCUT2D eigenvalue weighted by atomic mass is 10.00. The SMILES string of the molecule is CC(N=Cc1ccc(Cl)cc1)c1cccc2ccccc12. The van der Waals surface area contributed by atoms with Crippen LogP contribution in [0.4, 0.5) is 0 Å². The molecule has 0 amide bonds. The first-order valence-corrected chi connectivity index (χ1v) is 7.38. The molecule has 1 atom stereocenters. The Kier molecular flexibility index (Phi) is 4.03. The van der Waals surface area contributed by atoms with Gasteiger partial charge in [-0.3, -0.25) is 4.99 Å². The lowest BCUT2D eigenvalue weighted by Gasteiger charge is -2.10. The standard InChI is InChI=1S/C19H16ClN/c1-14(21-13-15-9-11-17(20)12-10-15)18-8-4-6-16-5-2-3-7-19(16)18/h2-14H,1H3. The van der Waals surface area contributed by atoms with Crippen LogP contribution in [0.15, 0.2) is 71.7 Å². The molecule has 0 N–H and O–H groups in total. The topological polar surface area (TPSA) is 12.4 Å². The van der Waals surface area contributed by atoms with Crippen molar-refractivity contribution in [2.45, 2.75) is 13.0 Å². The maximum Gasteiger partial charge on any atom is 0.0727 e. The molecule has 104 valence electrons. The Morgan fingerprint density at radius 2 is 1.62 bits per heavy atom. The summed E-state index contributed by atoms with van der Waals surface area (Å²) in [6.07, 6.45) is 1.91. The second kappa shape index (κ2) is 6.11. The van der Waals surface area contributed by atoms with Crippen LogP contribution in [0.5, 0.6) is 0 Å². The average molecular weight is 294 g/mol. The smallest absolute Gasteiger partial charge is 0.0727 e. The number of nitrogens with zero attached hydrogens (tertiary/aromatic N) is 1. The van der Waals surface area contributed by atoms with Gasteiger partial charge >= 0.3 is 0 Å². The zero-order valence-corrected chi connectivity index (χ0v) is 12.6. The highest BCUT2D eigenvalue weighted by Gasteiger charge is 2.06. The van der Waals surface area contributed by atoms with Gasteiger partial charge in [0.15, 0.2) is 0 Å². The molecule has 0 bridgehead atoms. The van der Waals surface area contributed by atoms with Gasteiger partial charge in [0.05, 0.1) is 6.04 Å². The number of aliphatic imine (C=N–C) groups is 1. The van der Waals surface area contributed by atoms with Crippen molar-refractivity contribution >= 4 is 28.6 Å². The molecule has 0 aliphatic carbocycles. The van der Waals surface area contributed by atoms with Crippen molar-refractivity contribution in [2.24, 2.45) is 4.99 Å². The van der Waals surface area contributed by atoms with Gasteiger partial charge in [0.2, 0.25) is 0 Å². The van der Waals surface area contributed by atoms with Crippen molar-refractivity contribution in [2.75, 3.05) is 0 Å². The Labute approximate surface area is 129 Å². The van der Waals surface area contributed by atoms with Gasteiger partial charge in [0.1, 0.15) is 0 Å². The van der Waals surface area contributed by atoms with Crippen molar-refractivity contribution in [3.8, 4) is 0 Å². The fourth-order valence-electron chi connectivity index (χ4n) is 2.44. The van der Waals surface area contributed by atoms with Gasteiger partial charge in [-0.15, -0.1) is 0 Å². The minimum absolute atomic E-state index is 0.117. The highest BCUT2D eigenvalue weighted by molar-refractivity contribution is 6.30. The molecule has 0 saturated heterocycles. The minimum Gasteiger partial charge on any atom is -0.285 e. The number of fused-ring (bicyclic) bond motifs is 1. The van der Waals surface area contributed by atoms with Crippen LogP contribution in [0.1, 0.15) is 24.1 Å². The summed E-state index contributed by atoms with van der Waals surface area (Å²) >= 11 is 5.89. The van der Waals surface area contributed by atoms with E-state index < -0.39 is 0 Å². The molecule has 0 heterocycles. The summed E-state index contributed by atoms with van der Waals surface area (Å²) in [6, 6.07) is 22.6. The van der Waals surface area contributed by atoms with Crippen LogP contribution in [0.2, 0.25) is 5.02 Å². The summed E-state index contributed by atoms with van der Waals surface area (Å²) in [5, 5.41) is 3.26. The van der Waals surface area contributed by atoms with Crippen LogP contribution in [0, 0.1) is 0 Å². The van der Waals surface area contributed by atoms with Crippen LogP contribution >= 0.6 is 11.6 Å². The Hall–Kier alpha value is -2.12. The zero-order chi connectivity index (χ0) is 14.7. The Balaban J connectivity index is 1.90. The van der Waals surface area contributed by atoms with E-state index >= 15 is 0 Å². The normalized spacial score (nSPS) is 12.9. The molecule has 0 aliphatic heterocycles. The fourth-order valence-corrected chi connectivity index (χ4v) is 2.57. The van der Waals surface area contributed by atoms with Gasteiger partial charge in [-0.25, -0.2) is 0 Å². The van der Waals surface area contributed by atoms with E-state index in [1.54, 1.807) is 0 Å². The quantitative estimate of drug-likeness (QED) is 0.551.